The Balaban J connectivity index is 1.59. The van der Waals surface area contributed by atoms with E-state index in [4.69, 9.17) is 0 Å². The summed E-state index contributed by atoms with van der Waals surface area (Å²) in [7, 11) is 0. The third-order valence-electron chi connectivity index (χ3n) is 7.83. The second-order valence-electron chi connectivity index (χ2n) is 8.82. The normalized spacial score (nSPS) is 44.5. The van der Waals surface area contributed by atoms with Gasteiger partial charge in [0.2, 0.25) is 0 Å². The van der Waals surface area contributed by atoms with Crippen molar-refractivity contribution in [3.63, 3.8) is 0 Å². The van der Waals surface area contributed by atoms with Crippen LogP contribution in [0.5, 0.6) is 0 Å². The van der Waals surface area contributed by atoms with Crippen molar-refractivity contribution in [1.29, 1.82) is 0 Å². The minimum atomic E-state index is 0.390. The molecule has 4 aliphatic rings. The second-order valence-corrected chi connectivity index (χ2v) is 8.82. The summed E-state index contributed by atoms with van der Waals surface area (Å²) in [6.45, 7) is 4.88. The smallest absolute Gasteiger partial charge is 0.155 e. The predicted octanol–water partition coefficient (Wildman–Crippen LogP) is 5.85. The van der Waals surface area contributed by atoms with Gasteiger partial charge < -0.3 is 0 Å². The average Bonchev–Trinajstić information content (AvgIpc) is 2.89. The zero-order valence-electron chi connectivity index (χ0n) is 14.9. The van der Waals surface area contributed by atoms with Crippen LogP contribution in [0.2, 0.25) is 0 Å². The first-order valence-electron chi connectivity index (χ1n) is 10.1. The molecule has 0 bridgehead atoms. The van der Waals surface area contributed by atoms with Crippen LogP contribution in [0.4, 0.5) is 0 Å². The fourth-order valence-electron chi connectivity index (χ4n) is 6.68. The lowest BCUT2D eigenvalue weighted by Crippen LogP contribution is -2.45. The molecule has 0 aromatic carbocycles. The molecular weight excluding hydrogens is 280 g/mol. The topological polar surface area (TPSA) is 17.1 Å². The van der Waals surface area contributed by atoms with Gasteiger partial charge in [-0.25, -0.2) is 0 Å². The molecule has 0 aliphatic heterocycles. The van der Waals surface area contributed by atoms with Crippen LogP contribution in [0.15, 0.2) is 23.3 Å². The Labute approximate surface area is 141 Å². The molecule has 0 aromatic heterocycles. The molecule has 1 nitrogen and oxygen atoms in total. The molecule has 4 rings (SSSR count). The summed E-state index contributed by atoms with van der Waals surface area (Å²) in [5.41, 5.74) is 3.82. The Kier molecular flexibility index (Phi) is 4.02. The SMILES string of the molecule is CCCC=C1CCC2C3CCC4=CC(=O)CC[C@@H]4C3CC[C@]12C. The van der Waals surface area contributed by atoms with Crippen molar-refractivity contribution >= 4 is 5.78 Å². The van der Waals surface area contributed by atoms with Crippen molar-refractivity contribution in [2.24, 2.45) is 29.1 Å². The van der Waals surface area contributed by atoms with Gasteiger partial charge in [0.15, 0.2) is 5.78 Å². The van der Waals surface area contributed by atoms with E-state index in [0.717, 1.165) is 36.5 Å². The molecule has 0 heterocycles. The van der Waals surface area contributed by atoms with E-state index in [0.29, 0.717) is 11.2 Å². The predicted molar refractivity (Wildman–Crippen MR) is 95.1 cm³/mol. The van der Waals surface area contributed by atoms with Crippen LogP contribution in [0.25, 0.3) is 0 Å². The van der Waals surface area contributed by atoms with Gasteiger partial charge >= 0.3 is 0 Å². The highest BCUT2D eigenvalue weighted by Crippen LogP contribution is 2.63. The Morgan fingerprint density at radius 2 is 2.00 bits per heavy atom. The summed E-state index contributed by atoms with van der Waals surface area (Å²) in [6.07, 6.45) is 17.3. The number of ketones is 1. The van der Waals surface area contributed by atoms with Crippen molar-refractivity contribution in [2.75, 3.05) is 0 Å². The number of carbonyl (C=O) groups excluding carboxylic acids is 1. The molecule has 0 aromatic rings. The van der Waals surface area contributed by atoms with Gasteiger partial charge in [-0.15, -0.1) is 0 Å². The van der Waals surface area contributed by atoms with E-state index in [1.807, 2.05) is 6.08 Å². The van der Waals surface area contributed by atoms with E-state index in [2.05, 4.69) is 19.9 Å². The first-order chi connectivity index (χ1) is 11.1. The lowest BCUT2D eigenvalue weighted by Gasteiger charge is -2.53. The molecule has 3 unspecified atom stereocenters. The van der Waals surface area contributed by atoms with Crippen LogP contribution in [0.3, 0.4) is 0 Å². The third kappa shape index (κ3) is 2.46. The summed E-state index contributed by atoms with van der Waals surface area (Å²) in [5.74, 6) is 3.87. The Hall–Kier alpha value is -0.850. The van der Waals surface area contributed by atoms with E-state index in [1.54, 1.807) is 5.57 Å². The van der Waals surface area contributed by atoms with Gasteiger partial charge in [-0.1, -0.05) is 37.5 Å². The van der Waals surface area contributed by atoms with Crippen LogP contribution in [0.1, 0.15) is 78.1 Å². The van der Waals surface area contributed by atoms with Crippen LogP contribution in [0, 0.1) is 29.1 Å². The number of fused-ring (bicyclic) bond motifs is 5. The monoisotopic (exact) mass is 312 g/mol. The summed E-state index contributed by atoms with van der Waals surface area (Å²) >= 11 is 0. The maximum Gasteiger partial charge on any atom is 0.155 e. The Morgan fingerprint density at radius 1 is 1.13 bits per heavy atom. The molecule has 0 radical (unpaired) electrons. The van der Waals surface area contributed by atoms with Crippen LogP contribution in [-0.4, -0.2) is 5.78 Å². The molecule has 3 saturated carbocycles. The van der Waals surface area contributed by atoms with E-state index in [9.17, 15) is 4.79 Å². The third-order valence-corrected chi connectivity index (χ3v) is 7.83. The van der Waals surface area contributed by atoms with Gasteiger partial charge in [-0.2, -0.15) is 0 Å². The highest BCUT2D eigenvalue weighted by molar-refractivity contribution is 5.91. The van der Waals surface area contributed by atoms with E-state index in [1.165, 1.54) is 56.9 Å². The molecule has 0 spiro atoms. The zero-order valence-corrected chi connectivity index (χ0v) is 14.9. The summed E-state index contributed by atoms with van der Waals surface area (Å²) in [5, 5.41) is 0. The molecule has 4 aliphatic carbocycles. The molecule has 0 N–H and O–H groups in total. The molecule has 1 heteroatoms. The van der Waals surface area contributed by atoms with Gasteiger partial charge in [0, 0.05) is 6.42 Å². The molecule has 3 fully saturated rings. The van der Waals surface area contributed by atoms with E-state index < -0.39 is 0 Å². The fraction of sp³-hybridized carbons (Fsp3) is 0.773. The molecule has 23 heavy (non-hydrogen) atoms. The van der Waals surface area contributed by atoms with Gasteiger partial charge in [-0.3, -0.25) is 4.79 Å². The van der Waals surface area contributed by atoms with Crippen molar-refractivity contribution in [2.45, 2.75) is 78.1 Å². The van der Waals surface area contributed by atoms with E-state index >= 15 is 0 Å². The van der Waals surface area contributed by atoms with Crippen molar-refractivity contribution in [3.8, 4) is 0 Å². The van der Waals surface area contributed by atoms with Crippen molar-refractivity contribution < 1.29 is 4.79 Å². The highest BCUT2D eigenvalue weighted by atomic mass is 16.1. The zero-order chi connectivity index (χ0) is 16.0. The lowest BCUT2D eigenvalue weighted by atomic mass is 9.52. The summed E-state index contributed by atoms with van der Waals surface area (Å²) < 4.78 is 0. The minimum absolute atomic E-state index is 0.390. The van der Waals surface area contributed by atoms with Crippen LogP contribution >= 0.6 is 0 Å². The second kappa shape index (κ2) is 5.90. The van der Waals surface area contributed by atoms with E-state index in [-0.39, 0.29) is 0 Å². The standard InChI is InChI=1S/C22H32O/c1-3-4-5-16-7-11-21-20-9-6-15-14-17(23)8-10-18(15)19(20)12-13-22(16,21)2/h5,14,18-21H,3-4,6-13H2,1-2H3/t18-,19?,20?,21?,22+/m0/s1. The Bertz CT molecular complexity index is 554. The first kappa shape index (κ1) is 15.7. The fourth-order valence-corrected chi connectivity index (χ4v) is 6.68. The maximum atomic E-state index is 11.8. The summed E-state index contributed by atoms with van der Waals surface area (Å²) in [6, 6.07) is 0. The van der Waals surface area contributed by atoms with Gasteiger partial charge in [-0.05, 0) is 86.5 Å². The first-order valence-corrected chi connectivity index (χ1v) is 10.1. The molecule has 126 valence electrons. The molecular formula is C22H32O. The van der Waals surface area contributed by atoms with Crippen molar-refractivity contribution in [3.05, 3.63) is 23.3 Å². The maximum absolute atomic E-state index is 11.8. The van der Waals surface area contributed by atoms with Crippen LogP contribution < -0.4 is 0 Å². The molecule has 5 atom stereocenters. The Morgan fingerprint density at radius 3 is 2.83 bits per heavy atom. The average molecular weight is 312 g/mol. The van der Waals surface area contributed by atoms with Crippen molar-refractivity contribution in [1.82, 2.24) is 0 Å². The number of unbranched alkanes of at least 4 members (excludes halogenated alkanes) is 1. The number of allylic oxidation sites excluding steroid dienone is 3. The quantitative estimate of drug-likeness (QED) is 0.584. The number of rotatable bonds is 2. The van der Waals surface area contributed by atoms with Crippen LogP contribution in [-0.2, 0) is 4.79 Å². The minimum Gasteiger partial charge on any atom is -0.295 e. The number of carbonyl (C=O) groups is 1. The molecule has 0 saturated heterocycles. The van der Waals surface area contributed by atoms with Gasteiger partial charge in [0.1, 0.15) is 0 Å². The number of hydrogen-bond acceptors (Lipinski definition) is 1. The summed E-state index contributed by atoms with van der Waals surface area (Å²) in [4.78, 5) is 11.8. The largest absolute Gasteiger partial charge is 0.295 e. The molecule has 0 amide bonds. The lowest BCUT2D eigenvalue weighted by molar-refractivity contribution is -0.115. The van der Waals surface area contributed by atoms with Gasteiger partial charge in [0.05, 0.1) is 0 Å². The highest BCUT2D eigenvalue weighted by Gasteiger charge is 2.54. The van der Waals surface area contributed by atoms with Gasteiger partial charge in [0.25, 0.3) is 0 Å². The number of hydrogen-bond donors (Lipinski definition) is 0.